The summed E-state index contributed by atoms with van der Waals surface area (Å²) in [4.78, 5) is 15.7. The van der Waals surface area contributed by atoms with E-state index in [4.69, 9.17) is 11.6 Å². The predicted molar refractivity (Wildman–Crippen MR) is 183 cm³/mol. The van der Waals surface area contributed by atoms with Gasteiger partial charge in [-0.2, -0.15) is 4.31 Å². The summed E-state index contributed by atoms with van der Waals surface area (Å²) < 4.78 is 42.7. The van der Waals surface area contributed by atoms with Gasteiger partial charge in [0.1, 0.15) is 5.82 Å². The molecule has 8 unspecified atom stereocenters. The van der Waals surface area contributed by atoms with Crippen molar-refractivity contribution in [3.63, 3.8) is 0 Å². The Kier molecular flexibility index (Phi) is 8.10. The van der Waals surface area contributed by atoms with E-state index in [1.807, 2.05) is 17.5 Å². The highest BCUT2D eigenvalue weighted by Crippen LogP contribution is 2.78. The van der Waals surface area contributed by atoms with Gasteiger partial charge in [0.25, 0.3) is 0 Å². The van der Waals surface area contributed by atoms with Gasteiger partial charge in [-0.25, -0.2) is 12.8 Å². The van der Waals surface area contributed by atoms with Crippen LogP contribution in [0, 0.1) is 39.3 Å². The quantitative estimate of drug-likeness (QED) is 0.282. The van der Waals surface area contributed by atoms with Gasteiger partial charge >= 0.3 is 0 Å². The minimum Gasteiger partial charge on any atom is -0.393 e. The number of thiophene rings is 1. The number of carbonyl (C=O) groups is 1. The van der Waals surface area contributed by atoms with Crippen LogP contribution in [0.3, 0.4) is 0 Å². The number of fused-ring (bicyclic) bond motifs is 1. The van der Waals surface area contributed by atoms with Crippen molar-refractivity contribution in [2.24, 2.45) is 33.5 Å². The first kappa shape index (κ1) is 33.6. The van der Waals surface area contributed by atoms with Gasteiger partial charge in [0.05, 0.1) is 18.0 Å². The van der Waals surface area contributed by atoms with Crippen LogP contribution in [0.2, 0.25) is 5.02 Å². The van der Waals surface area contributed by atoms with Crippen molar-refractivity contribution in [2.75, 3.05) is 19.3 Å². The van der Waals surface area contributed by atoms with E-state index in [1.165, 1.54) is 22.7 Å². The molecule has 2 N–H and O–H groups in total. The number of aliphatic hydroxyl groups is 2. The van der Waals surface area contributed by atoms with E-state index >= 15 is 4.39 Å². The first-order valence-electron chi connectivity index (χ1n) is 16.9. The molecule has 3 saturated carbocycles. The maximum absolute atomic E-state index is 15.0. The zero-order chi connectivity index (χ0) is 33.6. The number of sulfonamides is 1. The molecule has 0 amide bonds. The van der Waals surface area contributed by atoms with E-state index in [-0.39, 0.29) is 53.1 Å². The number of halogens is 2. The topological polar surface area (TPSA) is 94.9 Å². The minimum absolute atomic E-state index is 0.000103. The number of nitrogens with zero attached hydrogens (tertiary/aromatic N) is 1. The standard InChI is InChI=1S/C37H45ClFNO5S2/c1-33-13-9-24(41)21-35(33)16-17-37(27(22-35)30(42)20-26-28(38)7-4-8-29(26)39)31(33)10-14-34(2)32(37)11-15-36(34,43)23-40(47(3,44)45)18-12-25-6-5-19-46-25/h4-8,16-17,19,22,24,31-32,41,43H,9-15,18,20-21,23H2,1-3H3. The molecular weight excluding hydrogens is 657 g/mol. The van der Waals surface area contributed by atoms with Crippen LogP contribution in [0.25, 0.3) is 0 Å². The third-order valence-electron chi connectivity index (χ3n) is 13.5. The number of rotatable bonds is 9. The van der Waals surface area contributed by atoms with Crippen molar-refractivity contribution >= 4 is 38.7 Å². The fraction of sp³-hybridized carbons (Fsp3) is 0.595. The van der Waals surface area contributed by atoms with Crippen molar-refractivity contribution in [3.05, 3.63) is 80.8 Å². The summed E-state index contributed by atoms with van der Waals surface area (Å²) >= 11 is 8.02. The van der Waals surface area contributed by atoms with Gasteiger partial charge in [0.2, 0.25) is 10.0 Å². The van der Waals surface area contributed by atoms with E-state index in [1.54, 1.807) is 17.4 Å². The average molecular weight is 702 g/mol. The van der Waals surface area contributed by atoms with Gasteiger partial charge in [0.15, 0.2) is 5.78 Å². The Hall–Kier alpha value is -1.88. The van der Waals surface area contributed by atoms with Crippen LogP contribution in [0.1, 0.15) is 69.2 Å². The highest BCUT2D eigenvalue weighted by atomic mass is 35.5. The third-order valence-corrected chi connectivity index (χ3v) is 16.0. The molecule has 1 aromatic carbocycles. The molecule has 10 heteroatoms. The average Bonchev–Trinajstić information content (AvgIpc) is 3.62. The largest absolute Gasteiger partial charge is 0.393 e. The monoisotopic (exact) mass is 701 g/mol. The normalized spacial score (nSPS) is 39.0. The number of hydrogen-bond acceptors (Lipinski definition) is 6. The molecule has 0 radical (unpaired) electrons. The second-order valence-electron chi connectivity index (χ2n) is 15.5. The molecule has 8 rings (SSSR count). The molecule has 0 saturated heterocycles. The fourth-order valence-corrected chi connectivity index (χ4v) is 12.8. The number of ketones is 1. The lowest BCUT2D eigenvalue weighted by Gasteiger charge is -2.71. The maximum atomic E-state index is 15.0. The lowest BCUT2D eigenvalue weighted by molar-refractivity contribution is -0.176. The van der Waals surface area contributed by atoms with Crippen LogP contribution in [-0.4, -0.2) is 59.8 Å². The Labute approximate surface area is 286 Å². The van der Waals surface area contributed by atoms with Gasteiger partial charge < -0.3 is 10.2 Å². The molecule has 6 aliphatic carbocycles. The van der Waals surface area contributed by atoms with E-state index in [0.29, 0.717) is 44.1 Å². The Morgan fingerprint density at radius 1 is 1.06 bits per heavy atom. The van der Waals surface area contributed by atoms with Crippen molar-refractivity contribution in [3.8, 4) is 0 Å². The smallest absolute Gasteiger partial charge is 0.211 e. The molecule has 47 heavy (non-hydrogen) atoms. The summed E-state index contributed by atoms with van der Waals surface area (Å²) in [6.07, 6.45) is 12.2. The molecule has 1 heterocycles. The lowest BCUT2D eigenvalue weighted by atomic mass is 9.32. The van der Waals surface area contributed by atoms with Crippen LogP contribution >= 0.6 is 22.9 Å². The summed E-state index contributed by atoms with van der Waals surface area (Å²) in [6.45, 7) is 4.70. The number of Topliss-reactive ketones (excluding diaryl/α,β-unsaturated/α-hetero) is 1. The second kappa shape index (κ2) is 11.3. The van der Waals surface area contributed by atoms with Crippen molar-refractivity contribution in [2.45, 2.75) is 83.3 Å². The number of aliphatic hydroxyl groups excluding tert-OH is 1. The molecule has 3 fully saturated rings. The summed E-state index contributed by atoms with van der Waals surface area (Å²) in [7, 11) is -3.62. The number of benzene rings is 1. The van der Waals surface area contributed by atoms with Gasteiger partial charge in [-0.05, 0) is 92.2 Å². The Balaban J connectivity index is 1.30. The molecular formula is C37H45ClFNO5S2. The Bertz CT molecular complexity index is 1740. The Morgan fingerprint density at radius 2 is 1.79 bits per heavy atom. The maximum Gasteiger partial charge on any atom is 0.211 e. The van der Waals surface area contributed by atoms with E-state index in [0.717, 1.165) is 17.7 Å². The highest BCUT2D eigenvalue weighted by Gasteiger charge is 2.74. The Morgan fingerprint density at radius 3 is 2.49 bits per heavy atom. The van der Waals surface area contributed by atoms with Crippen molar-refractivity contribution in [1.82, 2.24) is 4.31 Å². The van der Waals surface area contributed by atoms with Crippen LogP contribution < -0.4 is 0 Å². The van der Waals surface area contributed by atoms with Gasteiger partial charge in [-0.3, -0.25) is 4.79 Å². The third kappa shape index (κ3) is 4.92. The van der Waals surface area contributed by atoms with Gasteiger partial charge in [-0.15, -0.1) is 11.3 Å². The molecule has 2 aromatic rings. The zero-order valence-electron chi connectivity index (χ0n) is 27.3. The first-order valence-corrected chi connectivity index (χ1v) is 20.0. The summed E-state index contributed by atoms with van der Waals surface area (Å²) in [5.41, 5.74) is -2.58. The van der Waals surface area contributed by atoms with Crippen LogP contribution in [0.15, 0.2) is 59.5 Å². The summed E-state index contributed by atoms with van der Waals surface area (Å²) in [6, 6.07) is 8.41. The summed E-state index contributed by atoms with van der Waals surface area (Å²) in [5, 5.41) is 25.8. The summed E-state index contributed by atoms with van der Waals surface area (Å²) in [5.74, 6) is -0.749. The molecule has 2 bridgehead atoms. The van der Waals surface area contributed by atoms with E-state index in [9.17, 15) is 23.4 Å². The minimum atomic E-state index is -3.62. The SMILES string of the molecule is CC12CCC(O)CC13C=CC1(C(C(=O)Cc4c(F)cccc4Cl)=C3)C2CCC2(C)C1CCC2(O)CN(CCc1cccs1)S(C)(=O)=O. The molecule has 8 atom stereocenters. The van der Waals surface area contributed by atoms with Gasteiger partial charge in [-0.1, -0.05) is 55.8 Å². The van der Waals surface area contributed by atoms with Gasteiger partial charge in [0, 0.05) is 56.8 Å². The van der Waals surface area contributed by atoms with Crippen molar-refractivity contribution < 1.29 is 27.8 Å². The molecule has 1 aromatic heterocycles. The highest BCUT2D eigenvalue weighted by molar-refractivity contribution is 7.88. The van der Waals surface area contributed by atoms with Crippen LogP contribution in [-0.2, 0) is 27.7 Å². The van der Waals surface area contributed by atoms with E-state index in [2.05, 4.69) is 32.1 Å². The number of carbonyl (C=O) groups excluding carboxylic acids is 1. The fourth-order valence-electron chi connectivity index (χ4n) is 11.0. The van der Waals surface area contributed by atoms with Crippen LogP contribution in [0.5, 0.6) is 0 Å². The molecule has 2 spiro atoms. The predicted octanol–water partition coefficient (Wildman–Crippen LogP) is 6.75. The lowest BCUT2D eigenvalue weighted by Crippen LogP contribution is -2.67. The van der Waals surface area contributed by atoms with Crippen LogP contribution in [0.4, 0.5) is 4.39 Å². The second-order valence-corrected chi connectivity index (χ2v) is 19.0. The number of hydrogen-bond donors (Lipinski definition) is 2. The zero-order valence-corrected chi connectivity index (χ0v) is 29.7. The molecule has 6 nitrogen and oxygen atoms in total. The first-order chi connectivity index (χ1) is 22.1. The number of allylic oxidation sites excluding steroid dienone is 4. The van der Waals surface area contributed by atoms with Crippen molar-refractivity contribution in [1.29, 1.82) is 0 Å². The van der Waals surface area contributed by atoms with E-state index < -0.39 is 43.8 Å². The molecule has 254 valence electrons. The molecule has 6 aliphatic rings. The molecule has 0 aliphatic heterocycles.